The number of anilines is 1. The molecule has 0 aliphatic carbocycles. The molecule has 6 heteroatoms. The maximum atomic E-state index is 12.4. The number of carbonyl (C=O) groups is 1. The number of ether oxygens (including phenoxy) is 1. The van der Waals surface area contributed by atoms with Gasteiger partial charge in [-0.3, -0.25) is 9.78 Å². The first-order chi connectivity index (χ1) is 12.3. The highest BCUT2D eigenvalue weighted by molar-refractivity contribution is 5.78. The lowest BCUT2D eigenvalue weighted by molar-refractivity contribution is -0.130. The van der Waals surface area contributed by atoms with Crippen LogP contribution in [0.1, 0.15) is 5.69 Å². The highest BCUT2D eigenvalue weighted by Crippen LogP contribution is 2.28. The van der Waals surface area contributed by atoms with Gasteiger partial charge in [-0.1, -0.05) is 18.2 Å². The predicted octanol–water partition coefficient (Wildman–Crippen LogP) is 1.53. The van der Waals surface area contributed by atoms with Gasteiger partial charge in [-0.2, -0.15) is 0 Å². The Morgan fingerprint density at radius 2 is 1.88 bits per heavy atom. The molecule has 0 bridgehead atoms. The fourth-order valence-electron chi connectivity index (χ4n) is 3.00. The van der Waals surface area contributed by atoms with Gasteiger partial charge in [0.25, 0.3) is 0 Å². The van der Waals surface area contributed by atoms with Crippen LogP contribution < -0.4 is 15.0 Å². The predicted molar refractivity (Wildman–Crippen MR) is 97.7 cm³/mol. The smallest absolute Gasteiger partial charge is 0.236 e. The number of nitrogens with one attached hydrogen (secondary N) is 1. The number of hydrogen-bond acceptors (Lipinski definition) is 5. The van der Waals surface area contributed by atoms with Crippen LogP contribution in [0.5, 0.6) is 5.75 Å². The molecule has 1 aromatic heterocycles. The third kappa shape index (κ3) is 4.48. The minimum Gasteiger partial charge on any atom is -0.495 e. The van der Waals surface area contributed by atoms with E-state index in [2.05, 4.69) is 21.3 Å². The molecule has 2 heterocycles. The number of amides is 1. The highest BCUT2D eigenvalue weighted by atomic mass is 16.5. The summed E-state index contributed by atoms with van der Waals surface area (Å²) >= 11 is 0. The van der Waals surface area contributed by atoms with Gasteiger partial charge in [-0.15, -0.1) is 0 Å². The largest absolute Gasteiger partial charge is 0.495 e. The van der Waals surface area contributed by atoms with E-state index in [0.29, 0.717) is 13.1 Å². The van der Waals surface area contributed by atoms with E-state index in [9.17, 15) is 4.79 Å². The minimum absolute atomic E-state index is 0.135. The van der Waals surface area contributed by atoms with E-state index in [1.807, 2.05) is 41.3 Å². The monoisotopic (exact) mass is 340 g/mol. The summed E-state index contributed by atoms with van der Waals surface area (Å²) in [7, 11) is 1.69. The van der Waals surface area contributed by atoms with E-state index >= 15 is 0 Å². The van der Waals surface area contributed by atoms with E-state index in [4.69, 9.17) is 4.74 Å². The standard InChI is InChI=1S/C19H24N4O2/c1-25-18-8-3-2-7-17(18)22-10-12-23(13-11-22)19(24)15-20-14-16-6-4-5-9-21-16/h2-9,20H,10-15H2,1H3. The molecule has 1 saturated heterocycles. The number of benzene rings is 1. The summed E-state index contributed by atoms with van der Waals surface area (Å²) in [6.07, 6.45) is 1.76. The summed E-state index contributed by atoms with van der Waals surface area (Å²) in [6.45, 7) is 4.02. The normalized spacial score (nSPS) is 14.4. The van der Waals surface area contributed by atoms with Crippen molar-refractivity contribution in [1.82, 2.24) is 15.2 Å². The van der Waals surface area contributed by atoms with Gasteiger partial charge in [0.15, 0.2) is 0 Å². The number of nitrogens with zero attached hydrogens (tertiary/aromatic N) is 3. The van der Waals surface area contributed by atoms with Crippen molar-refractivity contribution in [2.75, 3.05) is 44.7 Å². The Bertz CT molecular complexity index is 685. The van der Waals surface area contributed by atoms with Gasteiger partial charge >= 0.3 is 0 Å². The molecule has 1 aromatic carbocycles. The second kappa shape index (κ2) is 8.48. The zero-order valence-corrected chi connectivity index (χ0v) is 14.5. The molecular weight excluding hydrogens is 316 g/mol. The highest BCUT2D eigenvalue weighted by Gasteiger charge is 2.22. The van der Waals surface area contributed by atoms with Crippen molar-refractivity contribution in [3.63, 3.8) is 0 Å². The van der Waals surface area contributed by atoms with E-state index in [1.165, 1.54) is 0 Å². The van der Waals surface area contributed by atoms with Crippen molar-refractivity contribution in [2.24, 2.45) is 0 Å². The van der Waals surface area contributed by atoms with Crippen molar-refractivity contribution in [3.8, 4) is 5.75 Å². The molecule has 0 radical (unpaired) electrons. The van der Waals surface area contributed by atoms with E-state index < -0.39 is 0 Å². The van der Waals surface area contributed by atoms with Crippen LogP contribution in [0, 0.1) is 0 Å². The Morgan fingerprint density at radius 1 is 1.12 bits per heavy atom. The van der Waals surface area contributed by atoms with Gasteiger partial charge in [0, 0.05) is 38.9 Å². The molecule has 0 unspecified atom stereocenters. The number of aromatic nitrogens is 1. The molecule has 6 nitrogen and oxygen atoms in total. The summed E-state index contributed by atoms with van der Waals surface area (Å²) in [5.41, 5.74) is 2.03. The summed E-state index contributed by atoms with van der Waals surface area (Å²) in [5, 5.41) is 3.17. The van der Waals surface area contributed by atoms with Crippen LogP contribution >= 0.6 is 0 Å². The minimum atomic E-state index is 0.135. The molecule has 1 amide bonds. The third-order valence-electron chi connectivity index (χ3n) is 4.37. The van der Waals surface area contributed by atoms with Gasteiger partial charge in [-0.25, -0.2) is 0 Å². The maximum Gasteiger partial charge on any atom is 0.236 e. The van der Waals surface area contributed by atoms with Gasteiger partial charge in [0.2, 0.25) is 5.91 Å². The molecule has 1 aliphatic heterocycles. The van der Waals surface area contributed by atoms with E-state index in [1.54, 1.807) is 13.3 Å². The summed E-state index contributed by atoms with van der Waals surface area (Å²) in [6, 6.07) is 13.8. The number of rotatable bonds is 6. The topological polar surface area (TPSA) is 57.7 Å². The van der Waals surface area contributed by atoms with E-state index in [0.717, 1.165) is 43.3 Å². The SMILES string of the molecule is COc1ccccc1N1CCN(C(=O)CNCc2ccccn2)CC1. The number of carbonyl (C=O) groups excluding carboxylic acids is 1. The molecule has 25 heavy (non-hydrogen) atoms. The number of hydrogen-bond donors (Lipinski definition) is 1. The fourth-order valence-corrected chi connectivity index (χ4v) is 3.00. The zero-order chi connectivity index (χ0) is 17.5. The number of pyridine rings is 1. The second-order valence-corrected chi connectivity index (χ2v) is 5.96. The summed E-state index contributed by atoms with van der Waals surface area (Å²) in [4.78, 5) is 20.8. The molecule has 1 fully saturated rings. The first-order valence-electron chi connectivity index (χ1n) is 8.54. The molecule has 1 aliphatic rings. The van der Waals surface area contributed by atoms with E-state index in [-0.39, 0.29) is 5.91 Å². The van der Waals surface area contributed by atoms with Crippen molar-refractivity contribution in [2.45, 2.75) is 6.54 Å². The molecular formula is C19H24N4O2. The lowest BCUT2D eigenvalue weighted by atomic mass is 10.2. The number of para-hydroxylation sites is 2. The maximum absolute atomic E-state index is 12.4. The van der Waals surface area contributed by atoms with Gasteiger partial charge in [0.1, 0.15) is 5.75 Å². The first-order valence-corrected chi connectivity index (χ1v) is 8.54. The third-order valence-corrected chi connectivity index (χ3v) is 4.37. The quantitative estimate of drug-likeness (QED) is 0.864. The van der Waals surface area contributed by atoms with Crippen molar-refractivity contribution >= 4 is 11.6 Å². The molecule has 2 aromatic rings. The van der Waals surface area contributed by atoms with Crippen LogP contribution in [0.15, 0.2) is 48.7 Å². The number of piperazine rings is 1. The second-order valence-electron chi connectivity index (χ2n) is 5.96. The molecule has 132 valence electrons. The lowest BCUT2D eigenvalue weighted by Gasteiger charge is -2.36. The Balaban J connectivity index is 1.46. The first kappa shape index (κ1) is 17.2. The van der Waals surface area contributed by atoms with Crippen LogP contribution in [0.4, 0.5) is 5.69 Å². The van der Waals surface area contributed by atoms with Gasteiger partial charge < -0.3 is 19.9 Å². The van der Waals surface area contributed by atoms with Crippen molar-refractivity contribution in [1.29, 1.82) is 0 Å². The van der Waals surface area contributed by atoms with Crippen LogP contribution in [0.3, 0.4) is 0 Å². The lowest BCUT2D eigenvalue weighted by Crippen LogP contribution is -2.50. The van der Waals surface area contributed by atoms with Crippen LogP contribution in [-0.4, -0.2) is 55.6 Å². The Labute approximate surface area is 148 Å². The molecule has 3 rings (SSSR count). The van der Waals surface area contributed by atoms with Crippen LogP contribution in [-0.2, 0) is 11.3 Å². The van der Waals surface area contributed by atoms with Crippen molar-refractivity contribution in [3.05, 3.63) is 54.4 Å². The van der Waals surface area contributed by atoms with Crippen LogP contribution in [0.2, 0.25) is 0 Å². The number of methoxy groups -OCH3 is 1. The Hall–Kier alpha value is -2.60. The Morgan fingerprint density at radius 3 is 2.60 bits per heavy atom. The Kier molecular flexibility index (Phi) is 5.85. The molecule has 0 spiro atoms. The molecule has 0 saturated carbocycles. The average Bonchev–Trinajstić information content (AvgIpc) is 2.69. The molecule has 0 atom stereocenters. The summed E-state index contributed by atoms with van der Waals surface area (Å²) in [5.74, 6) is 1.01. The van der Waals surface area contributed by atoms with Gasteiger partial charge in [0.05, 0.1) is 25.0 Å². The summed E-state index contributed by atoms with van der Waals surface area (Å²) < 4.78 is 5.43. The fraction of sp³-hybridized carbons (Fsp3) is 0.368. The van der Waals surface area contributed by atoms with Gasteiger partial charge in [-0.05, 0) is 24.3 Å². The van der Waals surface area contributed by atoms with Crippen molar-refractivity contribution < 1.29 is 9.53 Å². The average molecular weight is 340 g/mol. The molecule has 1 N–H and O–H groups in total. The zero-order valence-electron chi connectivity index (χ0n) is 14.5. The van der Waals surface area contributed by atoms with Crippen LogP contribution in [0.25, 0.3) is 0 Å².